The monoisotopic (exact) mass is 520 g/mol. The van der Waals surface area contributed by atoms with E-state index in [-0.39, 0.29) is 30.0 Å². The minimum atomic E-state index is 0. The maximum Gasteiger partial charge on any atom is 0.193 e. The number of nitrogens with zero attached hydrogens (tertiary/aromatic N) is 3. The number of ether oxygens (including phenoxy) is 3. The van der Waals surface area contributed by atoms with Crippen molar-refractivity contribution in [1.29, 1.82) is 0 Å². The molecule has 0 bridgehead atoms. The van der Waals surface area contributed by atoms with Gasteiger partial charge in [0.05, 0.1) is 33.0 Å². The van der Waals surface area contributed by atoms with E-state index < -0.39 is 0 Å². The van der Waals surface area contributed by atoms with Gasteiger partial charge in [0, 0.05) is 45.3 Å². The highest BCUT2D eigenvalue weighted by Gasteiger charge is 2.26. The molecule has 29 heavy (non-hydrogen) atoms. The fraction of sp³-hybridized carbons (Fsp3) is 0.667. The summed E-state index contributed by atoms with van der Waals surface area (Å²) >= 11 is 0. The van der Waals surface area contributed by atoms with E-state index in [0.29, 0.717) is 19.1 Å². The number of likely N-dealkylation sites (tertiary alicyclic amines) is 1. The van der Waals surface area contributed by atoms with Gasteiger partial charge < -0.3 is 29.3 Å². The molecule has 2 unspecified atom stereocenters. The number of aliphatic imine (C=N–C) groups is 1. The molecule has 1 N–H and O–H groups in total. The lowest BCUT2D eigenvalue weighted by molar-refractivity contribution is 0.0536. The molecular formula is C21H37IN4O3. The molecule has 1 aromatic rings. The highest BCUT2D eigenvalue weighted by molar-refractivity contribution is 14.0. The van der Waals surface area contributed by atoms with Crippen molar-refractivity contribution < 1.29 is 14.2 Å². The molecule has 1 aliphatic heterocycles. The van der Waals surface area contributed by atoms with E-state index in [1.165, 1.54) is 5.56 Å². The van der Waals surface area contributed by atoms with Crippen LogP contribution < -0.4 is 10.1 Å². The fourth-order valence-corrected chi connectivity index (χ4v) is 3.59. The molecule has 0 amide bonds. The number of guanidine groups is 1. The number of methoxy groups -OCH3 is 2. The Kier molecular flexibility index (Phi) is 12.5. The number of hydrogen-bond donors (Lipinski definition) is 1. The van der Waals surface area contributed by atoms with Gasteiger partial charge in [-0.1, -0.05) is 18.2 Å². The Bertz CT molecular complexity index is 615. The molecule has 0 spiro atoms. The molecule has 1 aromatic carbocycles. The Labute approximate surface area is 192 Å². The average molecular weight is 520 g/mol. The lowest BCUT2D eigenvalue weighted by atomic mass is 10.0. The highest BCUT2D eigenvalue weighted by Crippen LogP contribution is 2.27. The summed E-state index contributed by atoms with van der Waals surface area (Å²) < 4.78 is 16.3. The Morgan fingerprint density at radius 2 is 2.03 bits per heavy atom. The van der Waals surface area contributed by atoms with Crippen LogP contribution in [0.15, 0.2) is 29.3 Å². The van der Waals surface area contributed by atoms with Crippen LogP contribution in [0, 0.1) is 5.92 Å². The van der Waals surface area contributed by atoms with Gasteiger partial charge >= 0.3 is 0 Å². The van der Waals surface area contributed by atoms with E-state index in [4.69, 9.17) is 14.2 Å². The largest absolute Gasteiger partial charge is 0.496 e. The third-order valence-electron chi connectivity index (χ3n) is 5.16. The molecule has 2 atom stereocenters. The van der Waals surface area contributed by atoms with Gasteiger partial charge in [0.2, 0.25) is 0 Å². The lowest BCUT2D eigenvalue weighted by Crippen LogP contribution is -2.43. The minimum Gasteiger partial charge on any atom is -0.496 e. The number of likely N-dealkylation sites (N-methyl/N-ethyl adjacent to an activating group) is 1. The second-order valence-electron chi connectivity index (χ2n) is 7.32. The van der Waals surface area contributed by atoms with Gasteiger partial charge in [-0.05, 0) is 26.6 Å². The summed E-state index contributed by atoms with van der Waals surface area (Å²) in [6, 6.07) is 8.37. The highest BCUT2D eigenvalue weighted by atomic mass is 127. The van der Waals surface area contributed by atoms with Crippen molar-refractivity contribution in [1.82, 2.24) is 15.1 Å². The van der Waals surface area contributed by atoms with Gasteiger partial charge in [0.15, 0.2) is 5.96 Å². The Morgan fingerprint density at radius 3 is 2.69 bits per heavy atom. The zero-order chi connectivity index (χ0) is 20.4. The van der Waals surface area contributed by atoms with Crippen molar-refractivity contribution in [2.75, 3.05) is 74.8 Å². The van der Waals surface area contributed by atoms with E-state index in [2.05, 4.69) is 46.3 Å². The predicted octanol–water partition coefficient (Wildman–Crippen LogP) is 2.48. The van der Waals surface area contributed by atoms with Crippen LogP contribution in [0.2, 0.25) is 0 Å². The van der Waals surface area contributed by atoms with Crippen LogP contribution in [-0.2, 0) is 9.47 Å². The topological polar surface area (TPSA) is 58.6 Å². The Hall–Kier alpha value is -1.10. The van der Waals surface area contributed by atoms with Crippen LogP contribution in [0.25, 0.3) is 0 Å². The van der Waals surface area contributed by atoms with Crippen molar-refractivity contribution in [3.8, 4) is 5.75 Å². The van der Waals surface area contributed by atoms with E-state index in [9.17, 15) is 0 Å². The first kappa shape index (κ1) is 25.9. The van der Waals surface area contributed by atoms with Crippen LogP contribution in [0.1, 0.15) is 18.0 Å². The normalized spacial score (nSPS) is 17.9. The van der Waals surface area contributed by atoms with Crippen LogP contribution in [-0.4, -0.2) is 90.6 Å². The average Bonchev–Trinajstić information content (AvgIpc) is 3.17. The van der Waals surface area contributed by atoms with Gasteiger partial charge in [0.1, 0.15) is 5.75 Å². The molecule has 0 saturated carbocycles. The zero-order valence-corrected chi connectivity index (χ0v) is 20.7. The Morgan fingerprint density at radius 1 is 1.28 bits per heavy atom. The summed E-state index contributed by atoms with van der Waals surface area (Å²) in [4.78, 5) is 9.02. The lowest BCUT2D eigenvalue weighted by Gasteiger charge is -2.29. The van der Waals surface area contributed by atoms with Gasteiger partial charge in [-0.25, -0.2) is 0 Å². The molecule has 166 valence electrons. The first-order valence-electron chi connectivity index (χ1n) is 9.92. The summed E-state index contributed by atoms with van der Waals surface area (Å²) in [6.07, 6.45) is 1.12. The number of hydrogen-bond acceptors (Lipinski definition) is 5. The number of nitrogens with one attached hydrogen (secondary N) is 1. The first-order valence-corrected chi connectivity index (χ1v) is 9.92. The smallest absolute Gasteiger partial charge is 0.193 e. The summed E-state index contributed by atoms with van der Waals surface area (Å²) in [7, 11) is 9.44. The molecule has 1 heterocycles. The third-order valence-corrected chi connectivity index (χ3v) is 5.16. The van der Waals surface area contributed by atoms with Crippen molar-refractivity contribution in [2.24, 2.45) is 10.9 Å². The molecule has 8 heteroatoms. The van der Waals surface area contributed by atoms with Crippen molar-refractivity contribution in [3.05, 3.63) is 29.8 Å². The van der Waals surface area contributed by atoms with Gasteiger partial charge in [-0.2, -0.15) is 0 Å². The van der Waals surface area contributed by atoms with Crippen LogP contribution in [0.5, 0.6) is 5.75 Å². The second-order valence-corrected chi connectivity index (χ2v) is 7.32. The van der Waals surface area contributed by atoms with Crippen molar-refractivity contribution >= 4 is 29.9 Å². The molecule has 7 nitrogen and oxygen atoms in total. The van der Waals surface area contributed by atoms with E-state index >= 15 is 0 Å². The molecule has 1 saturated heterocycles. The zero-order valence-electron chi connectivity index (χ0n) is 18.4. The van der Waals surface area contributed by atoms with Crippen molar-refractivity contribution in [3.63, 3.8) is 0 Å². The van der Waals surface area contributed by atoms with Gasteiger partial charge in [-0.15, -0.1) is 24.0 Å². The molecule has 0 aromatic heterocycles. The molecule has 0 aliphatic carbocycles. The van der Waals surface area contributed by atoms with Crippen LogP contribution in [0.4, 0.5) is 0 Å². The predicted molar refractivity (Wildman–Crippen MR) is 129 cm³/mol. The standard InChI is InChI=1S/C21H36N4O3.HI/c1-22-21(25-11-10-17(15-25)16-28-13-12-26-4)23-14-19(24(2)3)18-8-6-7-9-20(18)27-5;/h6-9,17,19H,10-16H2,1-5H3,(H,22,23);1H. The quantitative estimate of drug-likeness (QED) is 0.222. The van der Waals surface area contributed by atoms with Crippen LogP contribution >= 0.6 is 24.0 Å². The molecule has 0 radical (unpaired) electrons. The van der Waals surface area contributed by atoms with Gasteiger partial charge in [0.25, 0.3) is 0 Å². The summed E-state index contributed by atoms with van der Waals surface area (Å²) in [5, 5.41) is 3.56. The van der Waals surface area contributed by atoms with Crippen LogP contribution in [0.3, 0.4) is 0 Å². The molecular weight excluding hydrogens is 483 g/mol. The Balaban J connectivity index is 0.00000420. The summed E-state index contributed by atoms with van der Waals surface area (Å²) in [6.45, 7) is 4.80. The molecule has 1 aliphatic rings. The SMILES string of the molecule is CN=C(NCC(c1ccccc1OC)N(C)C)N1CCC(COCCOC)C1.I. The maximum atomic E-state index is 5.70. The van der Waals surface area contributed by atoms with E-state index in [1.54, 1.807) is 14.2 Å². The van der Waals surface area contributed by atoms with Crippen molar-refractivity contribution in [2.45, 2.75) is 12.5 Å². The number of halogens is 1. The first-order chi connectivity index (χ1) is 13.6. The van der Waals surface area contributed by atoms with Gasteiger partial charge in [-0.3, -0.25) is 4.99 Å². The number of para-hydroxylation sites is 1. The van der Waals surface area contributed by atoms with E-state index in [0.717, 1.165) is 44.4 Å². The number of rotatable bonds is 10. The third kappa shape index (κ3) is 7.92. The maximum absolute atomic E-state index is 5.70. The summed E-state index contributed by atoms with van der Waals surface area (Å²) in [5.41, 5.74) is 1.17. The fourth-order valence-electron chi connectivity index (χ4n) is 3.59. The number of benzene rings is 1. The second kappa shape index (κ2) is 14.0. The van der Waals surface area contributed by atoms with E-state index in [1.807, 2.05) is 19.2 Å². The summed E-state index contributed by atoms with van der Waals surface area (Å²) in [5.74, 6) is 2.39. The minimum absolute atomic E-state index is 0. The molecule has 2 rings (SSSR count). The molecule has 1 fully saturated rings.